The van der Waals surface area contributed by atoms with Gasteiger partial charge in [-0.05, 0) is 39.4 Å². The van der Waals surface area contributed by atoms with Gasteiger partial charge in [0.2, 0.25) is 11.7 Å². The smallest absolute Gasteiger partial charge is 0.307 e. The van der Waals surface area contributed by atoms with Crippen LogP contribution < -0.4 is 15.8 Å². The maximum Gasteiger partial charge on any atom is 0.307 e. The van der Waals surface area contributed by atoms with Crippen molar-refractivity contribution < 1.29 is 15.0 Å². The van der Waals surface area contributed by atoms with Crippen molar-refractivity contribution >= 4 is 40.0 Å². The second-order valence-electron chi connectivity index (χ2n) is 6.07. The van der Waals surface area contributed by atoms with Gasteiger partial charge >= 0.3 is 5.97 Å². The van der Waals surface area contributed by atoms with Gasteiger partial charge in [0.25, 0.3) is 0 Å². The van der Waals surface area contributed by atoms with Crippen molar-refractivity contribution in [2.45, 2.75) is 6.42 Å². The van der Waals surface area contributed by atoms with Crippen LogP contribution in [0, 0.1) is 0 Å². The number of thiazole rings is 1. The van der Waals surface area contributed by atoms with Crippen molar-refractivity contribution in [1.82, 2.24) is 4.98 Å². The largest absolute Gasteiger partial charge is 0.492 e. The van der Waals surface area contributed by atoms with Crippen LogP contribution >= 0.6 is 11.3 Å². The molecular weight excluding hydrogens is 392 g/mol. The summed E-state index contributed by atoms with van der Waals surface area (Å²) < 4.78 is 0. The number of hydrogen-bond acceptors (Lipinski definition) is 9. The number of nitrogens with zero attached hydrogens (tertiary/aromatic N) is 5. The molecule has 1 aromatic heterocycles. The van der Waals surface area contributed by atoms with Gasteiger partial charge < -0.3 is 15.5 Å². The van der Waals surface area contributed by atoms with Gasteiger partial charge in [0.1, 0.15) is 0 Å². The normalized spacial score (nSPS) is 12.3. The lowest BCUT2D eigenvalue weighted by Crippen LogP contribution is -2.08. The van der Waals surface area contributed by atoms with Crippen LogP contribution in [0.15, 0.2) is 69.2 Å². The number of carbonyl (C=O) groups is 1. The number of aromatic hydroxyl groups is 1. The summed E-state index contributed by atoms with van der Waals surface area (Å²) in [4.78, 5) is 15.5. The molecule has 1 aliphatic heterocycles. The molecule has 2 aromatic carbocycles. The summed E-state index contributed by atoms with van der Waals surface area (Å²) in [5, 5.41) is 38.8. The highest BCUT2D eigenvalue weighted by molar-refractivity contribution is 7.16. The fraction of sp³-hybridized carbons (Fsp3) is 0.0526. The van der Waals surface area contributed by atoms with Gasteiger partial charge in [-0.2, -0.15) is 4.98 Å². The van der Waals surface area contributed by atoms with E-state index in [1.807, 2.05) is 30.3 Å². The number of aliphatic carboxylic acids is 1. The summed E-state index contributed by atoms with van der Waals surface area (Å²) in [6.07, 6.45) is 1.79. The fourth-order valence-electron chi connectivity index (χ4n) is 2.62. The number of carboxylic acid groups (broad SMARTS) is 1. The predicted octanol–water partition coefficient (Wildman–Crippen LogP) is 2.95. The Morgan fingerprint density at radius 1 is 1.03 bits per heavy atom. The molecule has 0 radical (unpaired) electrons. The molecular formula is C19H14N6O3S. The minimum Gasteiger partial charge on any atom is -0.492 e. The molecule has 2 heterocycles. The number of hydrogen-bond donors (Lipinski definition) is 3. The first kappa shape index (κ1) is 18.4. The molecule has 1 aliphatic rings. The Balaban J connectivity index is 1.53. The fourth-order valence-corrected chi connectivity index (χ4v) is 3.46. The van der Waals surface area contributed by atoms with Gasteiger partial charge in [0.15, 0.2) is 5.13 Å². The third-order valence-electron chi connectivity index (χ3n) is 3.98. The first-order chi connectivity index (χ1) is 14.1. The van der Waals surface area contributed by atoms with E-state index >= 15 is 0 Å². The van der Waals surface area contributed by atoms with Crippen LogP contribution in [0.4, 0.5) is 10.8 Å². The number of benzene rings is 2. The molecule has 3 N–H and O–H groups in total. The van der Waals surface area contributed by atoms with E-state index in [4.69, 9.17) is 5.11 Å². The summed E-state index contributed by atoms with van der Waals surface area (Å²) in [6, 6.07) is 14.5. The molecule has 0 atom stereocenters. The molecule has 0 amide bonds. The van der Waals surface area contributed by atoms with Gasteiger partial charge in [0, 0.05) is 10.9 Å². The van der Waals surface area contributed by atoms with Crippen LogP contribution in [0.1, 0.15) is 10.4 Å². The highest BCUT2D eigenvalue weighted by Gasteiger charge is 2.09. The van der Waals surface area contributed by atoms with Gasteiger partial charge in [-0.15, -0.1) is 10.2 Å². The summed E-state index contributed by atoms with van der Waals surface area (Å²) in [7, 11) is 0. The molecule has 0 aliphatic carbocycles. The van der Waals surface area contributed by atoms with Crippen LogP contribution in [0.3, 0.4) is 0 Å². The zero-order chi connectivity index (χ0) is 20.2. The number of carboxylic acids is 1. The quantitative estimate of drug-likeness (QED) is 0.599. The van der Waals surface area contributed by atoms with E-state index in [1.165, 1.54) is 11.3 Å². The highest BCUT2D eigenvalue weighted by atomic mass is 32.1. The lowest BCUT2D eigenvalue weighted by atomic mass is 10.1. The van der Waals surface area contributed by atoms with Gasteiger partial charge in [-0.3, -0.25) is 4.79 Å². The van der Waals surface area contributed by atoms with Crippen molar-refractivity contribution in [3.8, 4) is 5.88 Å². The van der Waals surface area contributed by atoms with Gasteiger partial charge in [0.05, 0.1) is 11.3 Å². The second-order valence-corrected chi connectivity index (χ2v) is 7.10. The Morgan fingerprint density at radius 2 is 1.72 bits per heavy atom. The maximum absolute atomic E-state index is 10.7. The monoisotopic (exact) mass is 406 g/mol. The highest BCUT2D eigenvalue weighted by Crippen LogP contribution is 2.30. The summed E-state index contributed by atoms with van der Waals surface area (Å²) in [6.45, 7) is 0. The van der Waals surface area contributed by atoms with E-state index in [9.17, 15) is 9.90 Å². The zero-order valence-corrected chi connectivity index (χ0v) is 15.7. The van der Waals surface area contributed by atoms with E-state index in [2.05, 4.69) is 31.0 Å². The molecule has 4 rings (SSSR count). The van der Waals surface area contributed by atoms with E-state index in [0.717, 1.165) is 16.1 Å². The Labute approximate surface area is 168 Å². The average Bonchev–Trinajstić information content (AvgIpc) is 3.34. The molecule has 0 saturated carbocycles. The second kappa shape index (κ2) is 7.98. The SMILES string of the molecule is O=C(O)Cc1ccc(Nc2nc(O)c(C=c3ccc(=C4N=NN=N4)cc3)s2)cc1. The van der Waals surface area contributed by atoms with E-state index in [1.54, 1.807) is 24.3 Å². The lowest BCUT2D eigenvalue weighted by Gasteiger charge is -2.03. The minimum absolute atomic E-state index is 0.0266. The molecule has 0 saturated heterocycles. The van der Waals surface area contributed by atoms with Gasteiger partial charge in [-0.1, -0.05) is 47.7 Å². The topological polar surface area (TPSA) is 132 Å². The molecule has 144 valence electrons. The molecule has 9 nitrogen and oxygen atoms in total. The molecule has 0 spiro atoms. The number of aromatic nitrogens is 1. The summed E-state index contributed by atoms with van der Waals surface area (Å²) >= 11 is 1.30. The van der Waals surface area contributed by atoms with Crippen LogP contribution in [0.2, 0.25) is 0 Å². The molecule has 0 unspecified atom stereocenters. The zero-order valence-electron chi connectivity index (χ0n) is 14.9. The first-order valence-electron chi connectivity index (χ1n) is 8.48. The Morgan fingerprint density at radius 3 is 2.38 bits per heavy atom. The molecule has 29 heavy (non-hydrogen) atoms. The predicted molar refractivity (Wildman–Crippen MR) is 107 cm³/mol. The van der Waals surface area contributed by atoms with Crippen LogP contribution in [0.5, 0.6) is 5.88 Å². The van der Waals surface area contributed by atoms with Crippen molar-refractivity contribution in [3.05, 3.63) is 69.4 Å². The number of rotatable bonds is 5. The standard InChI is InChI=1S/C19H14N6O3S/c26-16(27)10-12-3-7-14(8-4-12)20-19-21-18(28)15(29-19)9-11-1-5-13(6-2-11)17-22-24-25-23-17/h1-9,28H,10H2,(H,20,21)(H,26,27). The average molecular weight is 406 g/mol. The Bertz CT molecular complexity index is 1210. The molecule has 0 fully saturated rings. The Hall–Kier alpha value is -3.92. The van der Waals surface area contributed by atoms with Crippen molar-refractivity contribution in [2.75, 3.05) is 5.32 Å². The van der Waals surface area contributed by atoms with Crippen molar-refractivity contribution in [3.63, 3.8) is 0 Å². The van der Waals surface area contributed by atoms with E-state index < -0.39 is 5.97 Å². The molecule has 0 bridgehead atoms. The first-order valence-corrected chi connectivity index (χ1v) is 9.30. The van der Waals surface area contributed by atoms with Crippen LogP contribution in [-0.2, 0) is 11.2 Å². The maximum atomic E-state index is 10.7. The van der Waals surface area contributed by atoms with Gasteiger partial charge in [-0.25, -0.2) is 0 Å². The molecule has 10 heteroatoms. The van der Waals surface area contributed by atoms with Crippen LogP contribution in [0.25, 0.3) is 11.9 Å². The third-order valence-corrected chi connectivity index (χ3v) is 4.89. The van der Waals surface area contributed by atoms with Crippen LogP contribution in [-0.4, -0.2) is 21.2 Å². The minimum atomic E-state index is -0.876. The summed E-state index contributed by atoms with van der Waals surface area (Å²) in [5.41, 5.74) is 1.46. The van der Waals surface area contributed by atoms with Crippen molar-refractivity contribution in [2.24, 2.45) is 20.7 Å². The lowest BCUT2D eigenvalue weighted by molar-refractivity contribution is -0.136. The Kier molecular flexibility index (Phi) is 5.08. The number of nitrogens with one attached hydrogen (secondary N) is 1. The number of anilines is 2. The third kappa shape index (κ3) is 4.50. The van der Waals surface area contributed by atoms with E-state index in [-0.39, 0.29) is 12.3 Å². The molecule has 3 aromatic rings. The van der Waals surface area contributed by atoms with Crippen molar-refractivity contribution in [1.29, 1.82) is 0 Å². The summed E-state index contributed by atoms with van der Waals surface area (Å²) in [5.74, 6) is -0.491. The van der Waals surface area contributed by atoms with E-state index in [0.29, 0.717) is 21.4 Å².